The number of benzene rings is 1. The van der Waals surface area contributed by atoms with Crippen LogP contribution in [0.5, 0.6) is 0 Å². The van der Waals surface area contributed by atoms with Gasteiger partial charge in [-0.3, -0.25) is 9.69 Å². The molecule has 0 unspecified atom stereocenters. The number of thioether (sulfide) groups is 1. The summed E-state index contributed by atoms with van der Waals surface area (Å²) in [4.78, 5) is 16.3. The molecule has 3 atom stereocenters. The highest BCUT2D eigenvalue weighted by atomic mass is 32.2. The molecule has 0 spiro atoms. The fraction of sp³-hybridized carbons (Fsp3) is 0.632. The van der Waals surface area contributed by atoms with Crippen molar-refractivity contribution in [3.63, 3.8) is 0 Å². The predicted molar refractivity (Wildman–Crippen MR) is 98.5 cm³/mol. The molecule has 5 heteroatoms. The number of amides is 1. The van der Waals surface area contributed by atoms with Crippen molar-refractivity contribution in [1.29, 1.82) is 0 Å². The van der Waals surface area contributed by atoms with E-state index in [9.17, 15) is 4.79 Å². The second kappa shape index (κ2) is 7.06. The number of rotatable bonds is 4. The largest absolute Gasteiger partial charge is 0.373 e. The smallest absolute Gasteiger partial charge is 0.233 e. The molecule has 1 saturated heterocycles. The van der Waals surface area contributed by atoms with Gasteiger partial charge in [-0.25, -0.2) is 0 Å². The molecular formula is C19H28N2O2S. The van der Waals surface area contributed by atoms with E-state index in [1.54, 1.807) is 11.8 Å². The lowest BCUT2D eigenvalue weighted by Gasteiger charge is -2.45. The third-order valence-electron chi connectivity index (χ3n) is 4.91. The van der Waals surface area contributed by atoms with Crippen LogP contribution in [0.25, 0.3) is 0 Å². The molecule has 1 N–H and O–H groups in total. The molecule has 1 amide bonds. The van der Waals surface area contributed by atoms with Gasteiger partial charge in [0.1, 0.15) is 0 Å². The molecule has 2 heterocycles. The number of nitrogens with zero attached hydrogens (tertiary/aromatic N) is 1. The van der Waals surface area contributed by atoms with Crippen LogP contribution in [0.2, 0.25) is 0 Å². The van der Waals surface area contributed by atoms with Crippen LogP contribution in [0, 0.1) is 0 Å². The first-order valence-corrected chi connectivity index (χ1v) is 9.66. The fourth-order valence-corrected chi connectivity index (χ4v) is 4.75. The maximum atomic E-state index is 12.6. The number of hydrogen-bond acceptors (Lipinski definition) is 4. The average molecular weight is 349 g/mol. The summed E-state index contributed by atoms with van der Waals surface area (Å²) in [6.45, 7) is 11.1. The number of carbonyl (C=O) groups excluding carboxylic acids is 1. The zero-order valence-corrected chi connectivity index (χ0v) is 15.9. The summed E-state index contributed by atoms with van der Waals surface area (Å²) in [5.41, 5.74) is 1.22. The monoisotopic (exact) mass is 348 g/mol. The highest BCUT2D eigenvalue weighted by Crippen LogP contribution is 2.36. The van der Waals surface area contributed by atoms with Crippen LogP contribution < -0.4 is 5.32 Å². The average Bonchev–Trinajstić information content (AvgIpc) is 2.96. The van der Waals surface area contributed by atoms with Crippen molar-refractivity contribution < 1.29 is 9.53 Å². The number of fused-ring (bicyclic) bond motifs is 1. The summed E-state index contributed by atoms with van der Waals surface area (Å²) in [5, 5.41) is 3.19. The highest BCUT2D eigenvalue weighted by Gasteiger charge is 2.35. The Morgan fingerprint density at radius 2 is 1.96 bits per heavy atom. The summed E-state index contributed by atoms with van der Waals surface area (Å²) in [7, 11) is 0. The van der Waals surface area contributed by atoms with Crippen molar-refractivity contribution in [3.05, 3.63) is 29.8 Å². The van der Waals surface area contributed by atoms with Gasteiger partial charge in [0.2, 0.25) is 5.91 Å². The molecule has 4 nitrogen and oxygen atoms in total. The van der Waals surface area contributed by atoms with Crippen molar-refractivity contribution in [2.24, 2.45) is 0 Å². The summed E-state index contributed by atoms with van der Waals surface area (Å²) < 4.78 is 5.82. The van der Waals surface area contributed by atoms with Gasteiger partial charge in [0, 0.05) is 30.1 Å². The van der Waals surface area contributed by atoms with E-state index in [1.165, 1.54) is 10.5 Å². The Labute approximate surface area is 149 Å². The lowest BCUT2D eigenvalue weighted by molar-refractivity contribution is -0.122. The number of ether oxygens (including phenoxy) is 1. The first-order chi connectivity index (χ1) is 11.3. The first kappa shape index (κ1) is 17.8. The molecule has 3 rings (SSSR count). The van der Waals surface area contributed by atoms with Crippen LogP contribution in [-0.2, 0) is 16.0 Å². The molecule has 0 saturated carbocycles. The third-order valence-corrected chi connectivity index (χ3v) is 6.23. The Kier molecular flexibility index (Phi) is 5.23. The zero-order valence-electron chi connectivity index (χ0n) is 15.0. The van der Waals surface area contributed by atoms with Gasteiger partial charge >= 0.3 is 0 Å². The highest BCUT2D eigenvalue weighted by molar-refractivity contribution is 8.01. The molecule has 132 valence electrons. The molecule has 1 aromatic rings. The van der Waals surface area contributed by atoms with Crippen LogP contribution in [-0.4, -0.2) is 53.4 Å². The van der Waals surface area contributed by atoms with Gasteiger partial charge in [0.05, 0.1) is 17.5 Å². The summed E-state index contributed by atoms with van der Waals surface area (Å²) in [5.74, 6) is 0.152. The number of nitrogens with one attached hydrogen (secondary N) is 1. The molecule has 2 aliphatic heterocycles. The maximum absolute atomic E-state index is 12.6. The quantitative estimate of drug-likeness (QED) is 0.908. The minimum atomic E-state index is -0.0713. The molecule has 0 aromatic heterocycles. The Hall–Kier alpha value is -1.04. The van der Waals surface area contributed by atoms with Gasteiger partial charge in [-0.1, -0.05) is 18.2 Å². The number of carbonyl (C=O) groups is 1. The van der Waals surface area contributed by atoms with E-state index in [-0.39, 0.29) is 28.9 Å². The van der Waals surface area contributed by atoms with Gasteiger partial charge < -0.3 is 10.1 Å². The van der Waals surface area contributed by atoms with E-state index in [0.29, 0.717) is 6.54 Å². The SMILES string of the molecule is C[C@@H]1CN(C(C)(C)CNC(=O)[C@H]2Cc3ccccc3S2)C[C@@H](C)O1. The Morgan fingerprint density at radius 3 is 2.62 bits per heavy atom. The Bertz CT molecular complexity index is 570. The van der Waals surface area contributed by atoms with E-state index < -0.39 is 0 Å². The zero-order chi connectivity index (χ0) is 17.3. The second-order valence-corrected chi connectivity index (χ2v) is 8.86. The van der Waals surface area contributed by atoms with E-state index in [2.05, 4.69) is 50.0 Å². The molecule has 1 aromatic carbocycles. The Morgan fingerprint density at radius 1 is 1.29 bits per heavy atom. The fourth-order valence-electron chi connectivity index (χ4n) is 3.53. The molecule has 0 radical (unpaired) electrons. The first-order valence-electron chi connectivity index (χ1n) is 8.78. The molecular weight excluding hydrogens is 320 g/mol. The van der Waals surface area contributed by atoms with Crippen LogP contribution in [0.3, 0.4) is 0 Å². The third kappa shape index (κ3) is 3.95. The van der Waals surface area contributed by atoms with E-state index in [0.717, 1.165) is 19.5 Å². The van der Waals surface area contributed by atoms with Gasteiger partial charge in [-0.05, 0) is 45.7 Å². The molecule has 2 aliphatic rings. The van der Waals surface area contributed by atoms with E-state index in [4.69, 9.17) is 4.74 Å². The standard InChI is InChI=1S/C19H28N2O2S/c1-13-10-21(11-14(2)23-13)19(3,4)12-20-18(22)17-9-15-7-5-6-8-16(15)24-17/h5-8,13-14,17H,9-12H2,1-4H3,(H,20,22)/t13-,14-,17-/m1/s1. The van der Waals surface area contributed by atoms with Crippen molar-refractivity contribution in [2.45, 2.75) is 62.0 Å². The minimum Gasteiger partial charge on any atom is -0.373 e. The Balaban J connectivity index is 1.54. The van der Waals surface area contributed by atoms with E-state index in [1.807, 2.05) is 12.1 Å². The number of hydrogen-bond donors (Lipinski definition) is 1. The van der Waals surface area contributed by atoms with Crippen LogP contribution in [0.1, 0.15) is 33.3 Å². The summed E-state index contributed by atoms with van der Waals surface area (Å²) >= 11 is 1.69. The molecule has 1 fully saturated rings. The van der Waals surface area contributed by atoms with Crippen molar-refractivity contribution in [1.82, 2.24) is 10.2 Å². The molecule has 24 heavy (non-hydrogen) atoms. The van der Waals surface area contributed by atoms with Crippen LogP contribution in [0.4, 0.5) is 0 Å². The number of morpholine rings is 1. The lowest BCUT2D eigenvalue weighted by atomic mass is 10.00. The lowest BCUT2D eigenvalue weighted by Crippen LogP contribution is -2.59. The molecule has 0 aliphatic carbocycles. The van der Waals surface area contributed by atoms with Crippen LogP contribution in [0.15, 0.2) is 29.2 Å². The van der Waals surface area contributed by atoms with Crippen molar-refractivity contribution in [3.8, 4) is 0 Å². The van der Waals surface area contributed by atoms with Crippen LogP contribution >= 0.6 is 11.8 Å². The topological polar surface area (TPSA) is 41.6 Å². The van der Waals surface area contributed by atoms with Gasteiger partial charge in [0.15, 0.2) is 0 Å². The maximum Gasteiger partial charge on any atom is 0.233 e. The van der Waals surface area contributed by atoms with Crippen molar-refractivity contribution >= 4 is 17.7 Å². The molecule has 0 bridgehead atoms. The van der Waals surface area contributed by atoms with Gasteiger partial charge in [-0.15, -0.1) is 11.8 Å². The summed E-state index contributed by atoms with van der Waals surface area (Å²) in [6.07, 6.45) is 1.31. The van der Waals surface area contributed by atoms with E-state index >= 15 is 0 Å². The second-order valence-electron chi connectivity index (χ2n) is 7.61. The van der Waals surface area contributed by atoms with Gasteiger partial charge in [-0.2, -0.15) is 0 Å². The van der Waals surface area contributed by atoms with Gasteiger partial charge in [0.25, 0.3) is 0 Å². The summed E-state index contributed by atoms with van der Waals surface area (Å²) in [6, 6.07) is 8.31. The normalized spacial score (nSPS) is 27.8. The van der Waals surface area contributed by atoms with Crippen molar-refractivity contribution in [2.75, 3.05) is 19.6 Å². The minimum absolute atomic E-state index is 0.000682. The predicted octanol–water partition coefficient (Wildman–Crippen LogP) is 2.71.